The fourth-order valence-corrected chi connectivity index (χ4v) is 5.94. The van der Waals surface area contributed by atoms with Gasteiger partial charge in [0.15, 0.2) is 29.4 Å². The molecule has 0 aliphatic heterocycles. The SMILES string of the molecule is CCCc1nc(C)c2c(=O)[nH]c(-c3cc(S(=O)(=O)Nc4ccc(OC)c(OCC(=O)OCc5ccccc5)c4)ccc3OCC)nn12. The monoisotopic (exact) mass is 661 g/mol. The van der Waals surface area contributed by atoms with Gasteiger partial charge in [-0.05, 0) is 56.2 Å². The van der Waals surface area contributed by atoms with Gasteiger partial charge in [-0.15, -0.1) is 5.10 Å². The molecule has 14 heteroatoms. The number of imidazole rings is 1. The van der Waals surface area contributed by atoms with Crippen LogP contribution >= 0.6 is 0 Å². The second kappa shape index (κ2) is 14.4. The van der Waals surface area contributed by atoms with Crippen molar-refractivity contribution in [3.05, 3.63) is 94.2 Å². The molecule has 13 nitrogen and oxygen atoms in total. The molecule has 2 aromatic heterocycles. The first-order valence-corrected chi connectivity index (χ1v) is 16.4. The Kier molecular flexibility index (Phi) is 10.1. The molecule has 0 radical (unpaired) electrons. The van der Waals surface area contributed by atoms with Crippen LogP contribution in [0.4, 0.5) is 5.69 Å². The Morgan fingerprint density at radius 3 is 2.47 bits per heavy atom. The van der Waals surface area contributed by atoms with E-state index in [4.69, 9.17) is 18.9 Å². The minimum Gasteiger partial charge on any atom is -0.493 e. The van der Waals surface area contributed by atoms with Crippen LogP contribution in [0.15, 0.2) is 76.4 Å². The normalized spacial score (nSPS) is 11.3. The van der Waals surface area contributed by atoms with E-state index in [1.54, 1.807) is 13.8 Å². The first kappa shape index (κ1) is 33.0. The highest BCUT2D eigenvalue weighted by molar-refractivity contribution is 7.92. The Balaban J connectivity index is 1.40. The molecule has 3 aromatic carbocycles. The highest BCUT2D eigenvalue weighted by Crippen LogP contribution is 2.33. The van der Waals surface area contributed by atoms with Gasteiger partial charge >= 0.3 is 5.97 Å². The third-order valence-corrected chi connectivity index (χ3v) is 8.42. The van der Waals surface area contributed by atoms with E-state index >= 15 is 0 Å². The third kappa shape index (κ3) is 7.55. The fourth-order valence-electron chi connectivity index (χ4n) is 4.87. The lowest BCUT2D eigenvalue weighted by Crippen LogP contribution is -2.17. The molecule has 0 spiro atoms. The molecule has 5 rings (SSSR count). The average molecular weight is 662 g/mol. The van der Waals surface area contributed by atoms with Crippen LogP contribution in [0.2, 0.25) is 0 Å². The molecule has 47 heavy (non-hydrogen) atoms. The number of aryl methyl sites for hydroxylation is 2. The van der Waals surface area contributed by atoms with Crippen LogP contribution in [0.1, 0.15) is 37.4 Å². The van der Waals surface area contributed by atoms with Crippen molar-refractivity contribution in [2.75, 3.05) is 25.0 Å². The van der Waals surface area contributed by atoms with Gasteiger partial charge in [0.25, 0.3) is 15.6 Å². The van der Waals surface area contributed by atoms with Crippen molar-refractivity contribution >= 4 is 27.2 Å². The van der Waals surface area contributed by atoms with Crippen LogP contribution in [0.5, 0.6) is 17.2 Å². The average Bonchev–Trinajstić information content (AvgIpc) is 3.38. The smallest absolute Gasteiger partial charge is 0.344 e. The van der Waals surface area contributed by atoms with Crippen molar-refractivity contribution in [2.45, 2.75) is 45.1 Å². The standard InChI is InChI=1S/C33H35N5O8S/c1-5-10-29-34-21(3)31-33(40)35-32(36-38(29)31)25-18-24(14-16-26(25)44-6-2)47(41,42)37-23-13-15-27(43-4)28(17-23)45-20-30(39)46-19-22-11-8-7-9-12-22/h7-9,11-18,37H,5-6,10,19-20H2,1-4H3,(H,35,36,40). The minimum atomic E-state index is -4.18. The van der Waals surface area contributed by atoms with Gasteiger partial charge in [0, 0.05) is 12.5 Å². The Labute approximate surface area is 271 Å². The zero-order valence-electron chi connectivity index (χ0n) is 26.4. The number of benzene rings is 3. The topological polar surface area (TPSA) is 163 Å². The van der Waals surface area contributed by atoms with Gasteiger partial charge in [-0.1, -0.05) is 37.3 Å². The number of carbonyl (C=O) groups excluding carboxylic acids is 1. The predicted octanol–water partition coefficient (Wildman–Crippen LogP) is 4.68. The molecule has 0 aliphatic rings. The number of nitrogens with one attached hydrogen (secondary N) is 2. The molecule has 0 atom stereocenters. The van der Waals surface area contributed by atoms with Gasteiger partial charge in [-0.2, -0.15) is 0 Å². The van der Waals surface area contributed by atoms with E-state index in [0.29, 0.717) is 35.8 Å². The van der Waals surface area contributed by atoms with Gasteiger partial charge in [-0.25, -0.2) is 22.7 Å². The highest BCUT2D eigenvalue weighted by atomic mass is 32.2. The molecular formula is C33H35N5O8S. The molecule has 2 N–H and O–H groups in total. The van der Waals surface area contributed by atoms with Crippen LogP contribution in [-0.2, 0) is 32.6 Å². The first-order valence-electron chi connectivity index (χ1n) is 14.9. The van der Waals surface area contributed by atoms with E-state index in [-0.39, 0.29) is 40.1 Å². The summed E-state index contributed by atoms with van der Waals surface area (Å²) in [4.78, 5) is 32.6. The van der Waals surface area contributed by atoms with Crippen molar-refractivity contribution < 1.29 is 32.2 Å². The number of sulfonamides is 1. The Morgan fingerprint density at radius 1 is 0.979 bits per heavy atom. The number of methoxy groups -OCH3 is 1. The summed E-state index contributed by atoms with van der Waals surface area (Å²) in [5.41, 5.74) is 1.71. The van der Waals surface area contributed by atoms with Gasteiger partial charge in [0.1, 0.15) is 18.2 Å². The van der Waals surface area contributed by atoms with Crippen molar-refractivity contribution in [3.8, 4) is 28.6 Å². The number of hydrogen-bond acceptors (Lipinski definition) is 10. The fraction of sp³-hybridized carbons (Fsp3) is 0.273. The van der Waals surface area contributed by atoms with Gasteiger partial charge in [-0.3, -0.25) is 9.52 Å². The zero-order chi connectivity index (χ0) is 33.6. The maximum absolute atomic E-state index is 13.6. The molecule has 0 fully saturated rings. The van der Waals surface area contributed by atoms with Crippen molar-refractivity contribution in [1.29, 1.82) is 0 Å². The number of ether oxygens (including phenoxy) is 4. The van der Waals surface area contributed by atoms with E-state index in [1.165, 1.54) is 48.0 Å². The summed E-state index contributed by atoms with van der Waals surface area (Å²) in [6, 6.07) is 17.9. The number of esters is 1. The van der Waals surface area contributed by atoms with Crippen LogP contribution in [-0.4, -0.2) is 54.3 Å². The number of rotatable bonds is 14. The molecule has 5 aromatic rings. The number of aromatic amines is 1. The molecule has 0 saturated heterocycles. The molecule has 0 saturated carbocycles. The van der Waals surface area contributed by atoms with Crippen molar-refractivity contribution in [2.24, 2.45) is 0 Å². The summed E-state index contributed by atoms with van der Waals surface area (Å²) in [5.74, 6) is 0.887. The number of carbonyl (C=O) groups is 1. The zero-order valence-corrected chi connectivity index (χ0v) is 27.2. The summed E-state index contributed by atoms with van der Waals surface area (Å²) in [5, 5.41) is 4.63. The van der Waals surface area contributed by atoms with E-state index in [0.717, 1.165) is 12.0 Å². The second-order valence-electron chi connectivity index (χ2n) is 10.4. The molecule has 0 amide bonds. The molecule has 0 unspecified atom stereocenters. The highest BCUT2D eigenvalue weighted by Gasteiger charge is 2.22. The van der Waals surface area contributed by atoms with E-state index in [2.05, 4.69) is 19.8 Å². The lowest BCUT2D eigenvalue weighted by atomic mass is 10.2. The number of aromatic nitrogens is 4. The van der Waals surface area contributed by atoms with E-state index in [9.17, 15) is 18.0 Å². The van der Waals surface area contributed by atoms with E-state index < -0.39 is 28.2 Å². The Hall–Kier alpha value is -5.37. The van der Waals surface area contributed by atoms with E-state index in [1.807, 2.05) is 37.3 Å². The molecule has 2 heterocycles. The summed E-state index contributed by atoms with van der Waals surface area (Å²) in [7, 11) is -2.76. The molecule has 246 valence electrons. The third-order valence-electron chi connectivity index (χ3n) is 7.04. The van der Waals surface area contributed by atoms with Gasteiger partial charge in [0.05, 0.1) is 35.6 Å². The van der Waals surface area contributed by atoms with Crippen molar-refractivity contribution in [1.82, 2.24) is 19.6 Å². The molecule has 0 bridgehead atoms. The second-order valence-corrected chi connectivity index (χ2v) is 12.1. The summed E-state index contributed by atoms with van der Waals surface area (Å²) < 4.78 is 53.3. The van der Waals surface area contributed by atoms with Crippen LogP contribution < -0.4 is 24.5 Å². The van der Waals surface area contributed by atoms with Crippen molar-refractivity contribution in [3.63, 3.8) is 0 Å². The number of anilines is 1. The van der Waals surface area contributed by atoms with Gasteiger partial charge in [0.2, 0.25) is 0 Å². The van der Waals surface area contributed by atoms with Gasteiger partial charge < -0.3 is 23.9 Å². The lowest BCUT2D eigenvalue weighted by Gasteiger charge is -2.15. The number of nitrogens with zero attached hydrogens (tertiary/aromatic N) is 3. The van der Waals surface area contributed by atoms with Crippen LogP contribution in [0.25, 0.3) is 16.9 Å². The maximum atomic E-state index is 13.6. The van der Waals surface area contributed by atoms with Crippen LogP contribution in [0.3, 0.4) is 0 Å². The predicted molar refractivity (Wildman–Crippen MR) is 174 cm³/mol. The molecule has 0 aliphatic carbocycles. The van der Waals surface area contributed by atoms with Crippen LogP contribution in [0, 0.1) is 6.92 Å². The quantitative estimate of drug-likeness (QED) is 0.160. The molecular weight excluding hydrogens is 626 g/mol. The number of H-pyrrole nitrogens is 1. The maximum Gasteiger partial charge on any atom is 0.344 e. The summed E-state index contributed by atoms with van der Waals surface area (Å²) >= 11 is 0. The number of fused-ring (bicyclic) bond motifs is 1. The summed E-state index contributed by atoms with van der Waals surface area (Å²) in [6.07, 6.45) is 1.40. The summed E-state index contributed by atoms with van der Waals surface area (Å²) in [6.45, 7) is 5.49. The first-order chi connectivity index (χ1) is 22.6. The Bertz CT molecular complexity index is 2060. The Morgan fingerprint density at radius 2 is 1.74 bits per heavy atom. The number of hydrogen-bond donors (Lipinski definition) is 2. The lowest BCUT2D eigenvalue weighted by molar-refractivity contribution is -0.147. The largest absolute Gasteiger partial charge is 0.493 e. The minimum absolute atomic E-state index is 0.0865.